The molecule has 0 heterocycles. The van der Waals surface area contributed by atoms with Gasteiger partial charge < -0.3 is 15.3 Å². The van der Waals surface area contributed by atoms with Crippen molar-refractivity contribution in [2.24, 2.45) is 0 Å². The third-order valence-electron chi connectivity index (χ3n) is 2.35. The van der Waals surface area contributed by atoms with Gasteiger partial charge in [-0.15, -0.1) is 0 Å². The van der Waals surface area contributed by atoms with E-state index in [4.69, 9.17) is 5.11 Å². The zero-order valence-corrected chi connectivity index (χ0v) is 10.5. The van der Waals surface area contributed by atoms with Gasteiger partial charge in [0.15, 0.2) is 11.6 Å². The minimum absolute atomic E-state index is 0.0353. The van der Waals surface area contributed by atoms with Crippen LogP contribution in [0.2, 0.25) is 0 Å². The first kappa shape index (κ1) is 14.4. The smallest absolute Gasteiger partial charge is 0.338 e. The summed E-state index contributed by atoms with van der Waals surface area (Å²) < 4.78 is 27.0. The van der Waals surface area contributed by atoms with Gasteiger partial charge in [-0.3, -0.25) is 0 Å². The molecule has 1 atom stereocenters. The lowest BCUT2D eigenvalue weighted by atomic mass is 10.1. The lowest BCUT2D eigenvalue weighted by molar-refractivity contribution is 0.0690. The number of halogens is 2. The molecule has 0 fully saturated rings. The van der Waals surface area contributed by atoms with Crippen LogP contribution in [0.15, 0.2) is 12.1 Å². The third kappa shape index (κ3) is 3.40. The molecular formula is C12H16F2N2O2. The van der Waals surface area contributed by atoms with Crippen molar-refractivity contribution in [1.82, 2.24) is 4.90 Å². The summed E-state index contributed by atoms with van der Waals surface area (Å²) in [4.78, 5) is 12.5. The third-order valence-corrected chi connectivity index (χ3v) is 2.35. The quantitative estimate of drug-likeness (QED) is 0.848. The lowest BCUT2D eigenvalue weighted by Crippen LogP contribution is -2.30. The summed E-state index contributed by atoms with van der Waals surface area (Å²) >= 11 is 0. The largest absolute Gasteiger partial charge is 0.478 e. The summed E-state index contributed by atoms with van der Waals surface area (Å²) in [6.07, 6.45) is 0. The van der Waals surface area contributed by atoms with Crippen molar-refractivity contribution in [1.29, 1.82) is 0 Å². The molecule has 1 aromatic rings. The van der Waals surface area contributed by atoms with Gasteiger partial charge in [0.25, 0.3) is 0 Å². The second-order valence-corrected chi connectivity index (χ2v) is 4.40. The summed E-state index contributed by atoms with van der Waals surface area (Å²) in [5.41, 5.74) is -0.704. The van der Waals surface area contributed by atoms with Crippen LogP contribution >= 0.6 is 0 Å². The maximum Gasteiger partial charge on any atom is 0.338 e. The number of anilines is 1. The van der Waals surface area contributed by atoms with Crippen LogP contribution in [0, 0.1) is 11.6 Å². The predicted molar refractivity (Wildman–Crippen MR) is 65.0 cm³/mol. The number of carboxylic acids is 1. The number of nitrogens with zero attached hydrogens (tertiary/aromatic N) is 1. The summed E-state index contributed by atoms with van der Waals surface area (Å²) in [7, 11) is 3.73. The van der Waals surface area contributed by atoms with E-state index < -0.39 is 23.2 Å². The minimum atomic E-state index is -1.49. The number of nitrogens with one attached hydrogen (secondary N) is 1. The van der Waals surface area contributed by atoms with E-state index in [2.05, 4.69) is 5.32 Å². The van der Waals surface area contributed by atoms with Crippen LogP contribution in [0.25, 0.3) is 0 Å². The number of hydrogen-bond donors (Lipinski definition) is 2. The fourth-order valence-electron chi connectivity index (χ4n) is 1.68. The fraction of sp³-hybridized carbons (Fsp3) is 0.417. The van der Waals surface area contributed by atoms with E-state index in [1.807, 2.05) is 25.9 Å². The van der Waals surface area contributed by atoms with Gasteiger partial charge in [-0.1, -0.05) is 0 Å². The van der Waals surface area contributed by atoms with Gasteiger partial charge in [0.05, 0.1) is 11.3 Å². The second-order valence-electron chi connectivity index (χ2n) is 4.40. The van der Waals surface area contributed by atoms with Crippen LogP contribution in [0.5, 0.6) is 0 Å². The van der Waals surface area contributed by atoms with Crippen LogP contribution < -0.4 is 5.32 Å². The molecule has 0 bridgehead atoms. The Morgan fingerprint density at radius 2 is 2.00 bits per heavy atom. The first-order valence-electron chi connectivity index (χ1n) is 5.45. The zero-order valence-electron chi connectivity index (χ0n) is 10.5. The molecule has 100 valence electrons. The summed E-state index contributed by atoms with van der Waals surface area (Å²) in [5, 5.41) is 11.4. The van der Waals surface area contributed by atoms with Crippen LogP contribution in [-0.4, -0.2) is 42.7 Å². The molecule has 0 saturated carbocycles. The normalized spacial score (nSPS) is 12.6. The van der Waals surface area contributed by atoms with Crippen LogP contribution in [-0.2, 0) is 0 Å². The van der Waals surface area contributed by atoms with Crippen molar-refractivity contribution in [3.05, 3.63) is 29.3 Å². The van der Waals surface area contributed by atoms with Crippen molar-refractivity contribution in [3.63, 3.8) is 0 Å². The van der Waals surface area contributed by atoms with Gasteiger partial charge in [0.1, 0.15) is 0 Å². The van der Waals surface area contributed by atoms with Crippen LogP contribution in [0.1, 0.15) is 17.3 Å². The Labute approximate surface area is 104 Å². The van der Waals surface area contributed by atoms with Crippen molar-refractivity contribution < 1.29 is 18.7 Å². The monoisotopic (exact) mass is 258 g/mol. The molecule has 0 aliphatic heterocycles. The van der Waals surface area contributed by atoms with E-state index in [1.54, 1.807) is 0 Å². The molecule has 18 heavy (non-hydrogen) atoms. The highest BCUT2D eigenvalue weighted by atomic mass is 19.2. The van der Waals surface area contributed by atoms with Crippen molar-refractivity contribution in [2.75, 3.05) is 26.0 Å². The van der Waals surface area contributed by atoms with Gasteiger partial charge >= 0.3 is 5.97 Å². The number of hydrogen-bond acceptors (Lipinski definition) is 3. The molecule has 6 heteroatoms. The van der Waals surface area contributed by atoms with Gasteiger partial charge in [0.2, 0.25) is 0 Å². The Hall–Kier alpha value is -1.69. The SMILES string of the molecule is CC(CN(C)C)Nc1ccc(C(=O)O)c(F)c1F. The number of carbonyl (C=O) groups is 1. The molecule has 1 unspecified atom stereocenters. The summed E-state index contributed by atoms with van der Waals surface area (Å²) in [5.74, 6) is -4.00. The topological polar surface area (TPSA) is 52.6 Å². The number of carboxylic acid groups (broad SMARTS) is 1. The van der Waals surface area contributed by atoms with E-state index in [0.29, 0.717) is 6.54 Å². The Morgan fingerprint density at radius 1 is 1.39 bits per heavy atom. The average molecular weight is 258 g/mol. The first-order valence-corrected chi connectivity index (χ1v) is 5.45. The fourth-order valence-corrected chi connectivity index (χ4v) is 1.68. The highest BCUT2D eigenvalue weighted by Crippen LogP contribution is 2.21. The number of rotatable bonds is 5. The van der Waals surface area contributed by atoms with Crippen molar-refractivity contribution in [2.45, 2.75) is 13.0 Å². The van der Waals surface area contributed by atoms with Gasteiger partial charge in [0, 0.05) is 12.6 Å². The number of likely N-dealkylation sites (N-methyl/N-ethyl adjacent to an activating group) is 1. The molecule has 4 nitrogen and oxygen atoms in total. The molecule has 0 aliphatic rings. The van der Waals surface area contributed by atoms with E-state index in [-0.39, 0.29) is 11.7 Å². The highest BCUT2D eigenvalue weighted by molar-refractivity contribution is 5.88. The molecule has 0 spiro atoms. The average Bonchev–Trinajstić information content (AvgIpc) is 2.23. The molecule has 0 aliphatic carbocycles. The van der Waals surface area contributed by atoms with Crippen LogP contribution in [0.4, 0.5) is 14.5 Å². The van der Waals surface area contributed by atoms with Gasteiger partial charge in [-0.05, 0) is 33.2 Å². The van der Waals surface area contributed by atoms with E-state index in [0.717, 1.165) is 6.07 Å². The Morgan fingerprint density at radius 3 is 2.50 bits per heavy atom. The molecular weight excluding hydrogens is 242 g/mol. The summed E-state index contributed by atoms with van der Waals surface area (Å²) in [6.45, 7) is 2.46. The molecule has 1 aromatic carbocycles. The second kappa shape index (κ2) is 5.77. The van der Waals surface area contributed by atoms with Crippen LogP contribution in [0.3, 0.4) is 0 Å². The van der Waals surface area contributed by atoms with E-state index >= 15 is 0 Å². The highest BCUT2D eigenvalue weighted by Gasteiger charge is 2.18. The first-order chi connectivity index (χ1) is 8.32. The van der Waals surface area contributed by atoms with E-state index in [1.165, 1.54) is 6.07 Å². The molecule has 0 radical (unpaired) electrons. The number of aromatic carboxylic acids is 1. The Bertz CT molecular complexity index is 450. The minimum Gasteiger partial charge on any atom is -0.478 e. The van der Waals surface area contributed by atoms with Gasteiger partial charge in [-0.25, -0.2) is 13.6 Å². The maximum atomic E-state index is 13.6. The Kier molecular flexibility index (Phi) is 4.61. The van der Waals surface area contributed by atoms with Crippen molar-refractivity contribution in [3.8, 4) is 0 Å². The molecule has 2 N–H and O–H groups in total. The molecule has 1 rings (SSSR count). The summed E-state index contributed by atoms with van der Waals surface area (Å²) in [6, 6.07) is 2.18. The standard InChI is InChI=1S/C12H16F2N2O2/c1-7(6-16(2)3)15-9-5-4-8(12(17)18)10(13)11(9)14/h4-5,7,15H,6H2,1-3H3,(H,17,18). The lowest BCUT2D eigenvalue weighted by Gasteiger charge is -2.20. The Balaban J connectivity index is 2.92. The molecule has 0 aromatic heterocycles. The van der Waals surface area contributed by atoms with E-state index in [9.17, 15) is 13.6 Å². The maximum absolute atomic E-state index is 13.6. The number of benzene rings is 1. The molecule has 0 saturated heterocycles. The zero-order chi connectivity index (χ0) is 13.9. The van der Waals surface area contributed by atoms with Gasteiger partial charge in [-0.2, -0.15) is 0 Å². The van der Waals surface area contributed by atoms with Crippen molar-refractivity contribution >= 4 is 11.7 Å². The predicted octanol–water partition coefficient (Wildman–Crippen LogP) is 2.02. The molecule has 0 amide bonds.